The van der Waals surface area contributed by atoms with Gasteiger partial charge in [0.1, 0.15) is 0 Å². The van der Waals surface area contributed by atoms with Crippen LogP contribution in [0.4, 0.5) is 0 Å². The van der Waals surface area contributed by atoms with Crippen LogP contribution in [0.1, 0.15) is 25.7 Å². The van der Waals surface area contributed by atoms with E-state index in [0.717, 1.165) is 5.92 Å². The monoisotopic (exact) mass is 267 g/mol. The molecule has 11 heavy (non-hydrogen) atoms. The minimum atomic E-state index is 1.02. The highest BCUT2D eigenvalue weighted by Gasteiger charge is 2.15. The Morgan fingerprint density at radius 2 is 2.00 bits per heavy atom. The third kappa shape index (κ3) is 3.74. The molecule has 0 atom stereocenters. The molecule has 0 aromatic rings. The Balaban J connectivity index is 2.08. The lowest BCUT2D eigenvalue weighted by Crippen LogP contribution is -2.26. The Kier molecular flexibility index (Phi) is 4.76. The summed E-state index contributed by atoms with van der Waals surface area (Å²) in [7, 11) is 2.25. The third-order valence-corrected chi connectivity index (χ3v) is 2.99. The largest absolute Gasteiger partial charge is 0.305 e. The van der Waals surface area contributed by atoms with Crippen molar-refractivity contribution in [2.45, 2.75) is 25.7 Å². The molecule has 0 saturated heterocycles. The molecule has 1 aliphatic carbocycles. The Hall–Kier alpha value is 0.690. The van der Waals surface area contributed by atoms with Crippen LogP contribution in [0.15, 0.2) is 0 Å². The Labute approximate surface area is 83.7 Å². The van der Waals surface area contributed by atoms with Crippen molar-refractivity contribution in [3.05, 3.63) is 0 Å². The predicted octanol–water partition coefficient (Wildman–Crippen LogP) is 2.54. The van der Waals surface area contributed by atoms with Gasteiger partial charge in [-0.2, -0.15) is 0 Å². The van der Waals surface area contributed by atoms with E-state index < -0.39 is 0 Å². The molecule has 0 amide bonds. The molecule has 66 valence electrons. The van der Waals surface area contributed by atoms with Gasteiger partial charge in [0.2, 0.25) is 0 Å². The Morgan fingerprint density at radius 1 is 1.36 bits per heavy atom. The summed E-state index contributed by atoms with van der Waals surface area (Å²) in [6, 6.07) is 0. The number of alkyl halides is 1. The van der Waals surface area contributed by atoms with Gasteiger partial charge < -0.3 is 4.90 Å². The van der Waals surface area contributed by atoms with Crippen molar-refractivity contribution in [3.63, 3.8) is 0 Å². The molecule has 2 heteroatoms. The number of hydrogen-bond donors (Lipinski definition) is 0. The number of rotatable bonds is 4. The standard InChI is InChI=1S/C9H18IN/c1-11(7-6-10)8-9-4-2-3-5-9/h9H,2-8H2,1H3. The van der Waals surface area contributed by atoms with Crippen LogP contribution in [0.2, 0.25) is 0 Å². The summed E-state index contributed by atoms with van der Waals surface area (Å²) in [5, 5.41) is 0. The maximum atomic E-state index is 2.47. The van der Waals surface area contributed by atoms with Crippen molar-refractivity contribution in [1.82, 2.24) is 4.90 Å². The first-order valence-electron chi connectivity index (χ1n) is 4.57. The summed E-state index contributed by atoms with van der Waals surface area (Å²) in [6.07, 6.45) is 5.91. The molecule has 0 spiro atoms. The molecule has 1 saturated carbocycles. The summed E-state index contributed by atoms with van der Waals surface area (Å²) in [5.41, 5.74) is 0. The predicted molar refractivity (Wildman–Crippen MR) is 58.3 cm³/mol. The highest BCUT2D eigenvalue weighted by atomic mass is 127. The van der Waals surface area contributed by atoms with Gasteiger partial charge in [0.25, 0.3) is 0 Å². The zero-order valence-corrected chi connectivity index (χ0v) is 9.51. The summed E-state index contributed by atoms with van der Waals surface area (Å²) >= 11 is 2.45. The highest BCUT2D eigenvalue weighted by molar-refractivity contribution is 14.1. The smallest absolute Gasteiger partial charge is 0.0123 e. The molecule has 1 fully saturated rings. The van der Waals surface area contributed by atoms with Gasteiger partial charge in [0.05, 0.1) is 0 Å². The molecule has 0 aromatic carbocycles. The Bertz CT molecular complexity index is 99.7. The lowest BCUT2D eigenvalue weighted by atomic mass is 10.1. The molecule has 0 heterocycles. The fraction of sp³-hybridized carbons (Fsp3) is 1.00. The molecule has 0 aromatic heterocycles. The molecular weight excluding hydrogens is 249 g/mol. The van der Waals surface area contributed by atoms with E-state index >= 15 is 0 Å². The van der Waals surface area contributed by atoms with E-state index in [-0.39, 0.29) is 0 Å². The van der Waals surface area contributed by atoms with E-state index in [0.29, 0.717) is 0 Å². The zero-order chi connectivity index (χ0) is 8.10. The summed E-state index contributed by atoms with van der Waals surface area (Å²) in [5.74, 6) is 1.02. The van der Waals surface area contributed by atoms with Gasteiger partial charge >= 0.3 is 0 Å². The molecule has 0 radical (unpaired) electrons. The van der Waals surface area contributed by atoms with E-state index in [1.807, 2.05) is 0 Å². The lowest BCUT2D eigenvalue weighted by molar-refractivity contribution is 0.294. The molecule has 0 N–H and O–H groups in total. The van der Waals surface area contributed by atoms with Crippen LogP contribution in [-0.2, 0) is 0 Å². The first-order valence-corrected chi connectivity index (χ1v) is 6.10. The van der Waals surface area contributed by atoms with E-state index in [1.165, 1.54) is 43.2 Å². The van der Waals surface area contributed by atoms with Crippen LogP contribution in [0.5, 0.6) is 0 Å². The van der Waals surface area contributed by atoms with Crippen LogP contribution in [0.3, 0.4) is 0 Å². The molecular formula is C9H18IN. The third-order valence-electron chi connectivity index (χ3n) is 2.51. The Morgan fingerprint density at radius 3 is 2.55 bits per heavy atom. The minimum Gasteiger partial charge on any atom is -0.305 e. The summed E-state index contributed by atoms with van der Waals surface area (Å²) in [6.45, 7) is 2.60. The SMILES string of the molecule is CN(CCI)CC1CCCC1. The summed E-state index contributed by atoms with van der Waals surface area (Å²) < 4.78 is 1.26. The average molecular weight is 267 g/mol. The fourth-order valence-electron chi connectivity index (χ4n) is 1.87. The van der Waals surface area contributed by atoms with Gasteiger partial charge in [-0.1, -0.05) is 35.4 Å². The molecule has 1 rings (SSSR count). The van der Waals surface area contributed by atoms with E-state index in [9.17, 15) is 0 Å². The second kappa shape index (κ2) is 5.36. The molecule has 0 bridgehead atoms. The van der Waals surface area contributed by atoms with E-state index in [4.69, 9.17) is 0 Å². The van der Waals surface area contributed by atoms with Crippen LogP contribution >= 0.6 is 22.6 Å². The van der Waals surface area contributed by atoms with Crippen molar-refractivity contribution < 1.29 is 0 Å². The number of nitrogens with zero attached hydrogens (tertiary/aromatic N) is 1. The minimum absolute atomic E-state index is 1.02. The van der Waals surface area contributed by atoms with Crippen molar-refractivity contribution in [2.75, 3.05) is 24.6 Å². The quantitative estimate of drug-likeness (QED) is 0.559. The van der Waals surface area contributed by atoms with Crippen LogP contribution < -0.4 is 0 Å². The zero-order valence-electron chi connectivity index (χ0n) is 7.35. The van der Waals surface area contributed by atoms with Crippen molar-refractivity contribution >= 4 is 22.6 Å². The van der Waals surface area contributed by atoms with E-state index in [1.54, 1.807) is 0 Å². The van der Waals surface area contributed by atoms with Gasteiger partial charge in [-0.3, -0.25) is 0 Å². The van der Waals surface area contributed by atoms with Gasteiger partial charge in [0.15, 0.2) is 0 Å². The van der Waals surface area contributed by atoms with Crippen LogP contribution in [0.25, 0.3) is 0 Å². The van der Waals surface area contributed by atoms with Gasteiger partial charge in [-0.05, 0) is 25.8 Å². The maximum absolute atomic E-state index is 2.47. The first kappa shape index (κ1) is 9.78. The van der Waals surface area contributed by atoms with E-state index in [2.05, 4.69) is 34.5 Å². The molecule has 0 aliphatic heterocycles. The second-order valence-corrected chi connectivity index (χ2v) is 4.68. The normalized spacial score (nSPS) is 19.9. The number of hydrogen-bond acceptors (Lipinski definition) is 1. The van der Waals surface area contributed by atoms with Crippen molar-refractivity contribution in [3.8, 4) is 0 Å². The van der Waals surface area contributed by atoms with Crippen molar-refractivity contribution in [1.29, 1.82) is 0 Å². The number of halogens is 1. The average Bonchev–Trinajstić information content (AvgIpc) is 2.40. The second-order valence-electron chi connectivity index (χ2n) is 3.60. The van der Waals surface area contributed by atoms with Gasteiger partial charge in [0, 0.05) is 17.5 Å². The highest BCUT2D eigenvalue weighted by Crippen LogP contribution is 2.24. The summed E-state index contributed by atoms with van der Waals surface area (Å²) in [4.78, 5) is 2.47. The maximum Gasteiger partial charge on any atom is 0.0123 e. The fourth-order valence-corrected chi connectivity index (χ4v) is 2.69. The molecule has 1 nitrogen and oxygen atoms in total. The first-order chi connectivity index (χ1) is 5.33. The van der Waals surface area contributed by atoms with Crippen molar-refractivity contribution in [2.24, 2.45) is 5.92 Å². The van der Waals surface area contributed by atoms with Crippen LogP contribution in [-0.4, -0.2) is 29.5 Å². The molecule has 0 unspecified atom stereocenters. The molecule has 1 aliphatic rings. The topological polar surface area (TPSA) is 3.24 Å². The lowest BCUT2D eigenvalue weighted by Gasteiger charge is -2.19. The van der Waals surface area contributed by atoms with Gasteiger partial charge in [-0.15, -0.1) is 0 Å². The van der Waals surface area contributed by atoms with Crippen LogP contribution in [0, 0.1) is 5.92 Å². The van der Waals surface area contributed by atoms with Gasteiger partial charge in [-0.25, -0.2) is 0 Å².